The molecule has 0 spiro atoms. The Kier molecular flexibility index (Phi) is 3.87. The number of rotatable bonds is 4. The molecular formula is C8H10BrNO2S. The van der Waals surface area contributed by atoms with Crippen molar-refractivity contribution in [1.82, 2.24) is 4.98 Å². The van der Waals surface area contributed by atoms with Gasteiger partial charge in [0.2, 0.25) is 0 Å². The minimum Gasteiger partial charge on any atom is -0.477 e. The number of carbonyl (C=O) groups is 1. The summed E-state index contributed by atoms with van der Waals surface area (Å²) < 4.78 is 0.649. The molecule has 0 amide bonds. The first kappa shape index (κ1) is 10.7. The lowest BCUT2D eigenvalue weighted by atomic mass is 10.2. The van der Waals surface area contributed by atoms with Crippen LogP contribution in [0.5, 0.6) is 0 Å². The summed E-state index contributed by atoms with van der Waals surface area (Å²) in [6.45, 7) is 2.07. The lowest BCUT2D eigenvalue weighted by molar-refractivity contribution is 0.0700. The maximum absolute atomic E-state index is 10.7. The molecule has 13 heavy (non-hydrogen) atoms. The number of aryl methyl sites for hydroxylation is 1. The molecule has 1 aromatic heterocycles. The summed E-state index contributed by atoms with van der Waals surface area (Å²) in [5, 5.41) is 8.83. The Morgan fingerprint density at radius 1 is 1.69 bits per heavy atom. The SMILES string of the molecule is CCCCc1nc(Br)sc1C(=O)O. The molecule has 1 aromatic rings. The molecule has 0 atom stereocenters. The van der Waals surface area contributed by atoms with Crippen molar-refractivity contribution in [2.24, 2.45) is 0 Å². The summed E-state index contributed by atoms with van der Waals surface area (Å²) in [7, 11) is 0. The van der Waals surface area contributed by atoms with E-state index in [9.17, 15) is 4.79 Å². The standard InChI is InChI=1S/C8H10BrNO2S/c1-2-3-4-5-6(7(11)12)13-8(9)10-5/h2-4H2,1H3,(H,11,12). The molecule has 3 nitrogen and oxygen atoms in total. The van der Waals surface area contributed by atoms with Gasteiger partial charge in [-0.15, -0.1) is 0 Å². The summed E-state index contributed by atoms with van der Waals surface area (Å²) in [6.07, 6.45) is 2.78. The molecule has 0 aliphatic heterocycles. The Balaban J connectivity index is 2.84. The van der Waals surface area contributed by atoms with Crippen LogP contribution in [0.2, 0.25) is 0 Å². The lowest BCUT2D eigenvalue weighted by Gasteiger charge is -1.95. The van der Waals surface area contributed by atoms with Gasteiger partial charge in [0.1, 0.15) is 4.88 Å². The van der Waals surface area contributed by atoms with Crippen molar-refractivity contribution in [3.05, 3.63) is 14.5 Å². The zero-order valence-corrected chi connectivity index (χ0v) is 9.61. The van der Waals surface area contributed by atoms with Crippen molar-refractivity contribution in [3.8, 4) is 0 Å². The van der Waals surface area contributed by atoms with Gasteiger partial charge in [-0.05, 0) is 28.8 Å². The molecule has 0 aliphatic carbocycles. The zero-order chi connectivity index (χ0) is 9.84. The Morgan fingerprint density at radius 3 is 2.92 bits per heavy atom. The number of unbranched alkanes of at least 4 members (excludes halogenated alkanes) is 1. The molecular weight excluding hydrogens is 254 g/mol. The van der Waals surface area contributed by atoms with Crippen LogP contribution in [0.4, 0.5) is 0 Å². The predicted octanol–water partition coefficient (Wildman–Crippen LogP) is 2.95. The third kappa shape index (κ3) is 2.77. The highest BCUT2D eigenvalue weighted by Gasteiger charge is 2.15. The van der Waals surface area contributed by atoms with Crippen molar-refractivity contribution in [3.63, 3.8) is 0 Å². The maximum Gasteiger partial charge on any atom is 0.347 e. The summed E-state index contributed by atoms with van der Waals surface area (Å²) in [5.74, 6) is -0.880. The normalized spacial score (nSPS) is 10.3. The number of thiazole rings is 1. The smallest absolute Gasteiger partial charge is 0.347 e. The van der Waals surface area contributed by atoms with Crippen LogP contribution in [0.15, 0.2) is 3.92 Å². The third-order valence-corrected chi connectivity index (χ3v) is 3.17. The molecule has 1 N–H and O–H groups in total. The van der Waals surface area contributed by atoms with E-state index in [1.807, 2.05) is 0 Å². The molecule has 0 aromatic carbocycles. The van der Waals surface area contributed by atoms with Gasteiger partial charge in [0.25, 0.3) is 0 Å². The highest BCUT2D eigenvalue weighted by Crippen LogP contribution is 2.24. The van der Waals surface area contributed by atoms with E-state index in [2.05, 4.69) is 27.8 Å². The fourth-order valence-corrected chi connectivity index (χ4v) is 2.38. The van der Waals surface area contributed by atoms with E-state index < -0.39 is 5.97 Å². The van der Waals surface area contributed by atoms with Gasteiger partial charge >= 0.3 is 5.97 Å². The number of hydrogen-bond donors (Lipinski definition) is 1. The topological polar surface area (TPSA) is 50.2 Å². The van der Waals surface area contributed by atoms with Crippen LogP contribution in [0.25, 0.3) is 0 Å². The third-order valence-electron chi connectivity index (χ3n) is 1.63. The molecule has 0 fully saturated rings. The Labute approximate surface area is 88.9 Å². The Bertz CT molecular complexity index is 311. The van der Waals surface area contributed by atoms with Crippen molar-refractivity contribution < 1.29 is 9.90 Å². The number of nitrogens with zero attached hydrogens (tertiary/aromatic N) is 1. The number of carboxylic acids is 1. The second kappa shape index (κ2) is 4.72. The van der Waals surface area contributed by atoms with Crippen LogP contribution >= 0.6 is 27.3 Å². The van der Waals surface area contributed by atoms with Gasteiger partial charge < -0.3 is 5.11 Å². The molecule has 5 heteroatoms. The van der Waals surface area contributed by atoms with Gasteiger partial charge in [0.05, 0.1) is 5.69 Å². The van der Waals surface area contributed by atoms with Crippen LogP contribution < -0.4 is 0 Å². The Morgan fingerprint density at radius 2 is 2.38 bits per heavy atom. The molecule has 0 unspecified atom stereocenters. The van der Waals surface area contributed by atoms with Crippen LogP contribution in [-0.2, 0) is 6.42 Å². The fourth-order valence-electron chi connectivity index (χ4n) is 1.00. The zero-order valence-electron chi connectivity index (χ0n) is 7.21. The molecule has 1 heterocycles. The second-order valence-corrected chi connectivity index (χ2v) is 4.93. The van der Waals surface area contributed by atoms with E-state index in [4.69, 9.17) is 5.11 Å². The van der Waals surface area contributed by atoms with Crippen LogP contribution in [0.1, 0.15) is 35.1 Å². The summed E-state index contributed by atoms with van der Waals surface area (Å²) in [6, 6.07) is 0. The van der Waals surface area contributed by atoms with Gasteiger partial charge in [-0.3, -0.25) is 0 Å². The van der Waals surface area contributed by atoms with Crippen molar-refractivity contribution in [2.45, 2.75) is 26.2 Å². The number of aromatic nitrogens is 1. The predicted molar refractivity (Wildman–Crippen MR) is 55.4 cm³/mol. The van der Waals surface area contributed by atoms with E-state index >= 15 is 0 Å². The molecule has 0 bridgehead atoms. The molecule has 0 radical (unpaired) electrons. The summed E-state index contributed by atoms with van der Waals surface area (Å²) in [4.78, 5) is 15.2. The van der Waals surface area contributed by atoms with Gasteiger partial charge in [0.15, 0.2) is 3.92 Å². The molecule has 0 saturated heterocycles. The molecule has 0 saturated carbocycles. The average molecular weight is 264 g/mol. The molecule has 0 aliphatic rings. The first-order valence-electron chi connectivity index (χ1n) is 4.03. The van der Waals surface area contributed by atoms with Crippen molar-refractivity contribution >= 4 is 33.2 Å². The average Bonchev–Trinajstić information content (AvgIpc) is 2.43. The first-order chi connectivity index (χ1) is 6.15. The van der Waals surface area contributed by atoms with E-state index in [1.165, 1.54) is 11.3 Å². The van der Waals surface area contributed by atoms with E-state index in [1.54, 1.807) is 0 Å². The number of carboxylic acid groups (broad SMARTS) is 1. The van der Waals surface area contributed by atoms with E-state index in [0.717, 1.165) is 19.3 Å². The van der Waals surface area contributed by atoms with E-state index in [-0.39, 0.29) is 0 Å². The minimum atomic E-state index is -0.880. The number of aromatic carboxylic acids is 1. The van der Waals surface area contributed by atoms with Crippen LogP contribution in [0.3, 0.4) is 0 Å². The largest absolute Gasteiger partial charge is 0.477 e. The fraction of sp³-hybridized carbons (Fsp3) is 0.500. The summed E-state index contributed by atoms with van der Waals surface area (Å²) >= 11 is 4.37. The monoisotopic (exact) mass is 263 g/mol. The quantitative estimate of drug-likeness (QED) is 0.909. The van der Waals surface area contributed by atoms with Gasteiger partial charge in [-0.1, -0.05) is 24.7 Å². The van der Waals surface area contributed by atoms with Crippen molar-refractivity contribution in [1.29, 1.82) is 0 Å². The molecule has 72 valence electrons. The summed E-state index contributed by atoms with van der Waals surface area (Å²) in [5.41, 5.74) is 0.700. The minimum absolute atomic E-state index is 0.361. The van der Waals surface area contributed by atoms with Gasteiger partial charge in [-0.25, -0.2) is 9.78 Å². The first-order valence-corrected chi connectivity index (χ1v) is 5.64. The van der Waals surface area contributed by atoms with E-state index in [0.29, 0.717) is 14.5 Å². The number of hydrogen-bond acceptors (Lipinski definition) is 3. The second-order valence-electron chi connectivity index (χ2n) is 2.65. The van der Waals surface area contributed by atoms with Crippen molar-refractivity contribution in [2.75, 3.05) is 0 Å². The van der Waals surface area contributed by atoms with Gasteiger partial charge in [0, 0.05) is 0 Å². The lowest BCUT2D eigenvalue weighted by Crippen LogP contribution is -1.98. The maximum atomic E-state index is 10.7. The highest BCUT2D eigenvalue weighted by atomic mass is 79.9. The van der Waals surface area contributed by atoms with Gasteiger partial charge in [-0.2, -0.15) is 0 Å². The van der Waals surface area contributed by atoms with Crippen LogP contribution in [-0.4, -0.2) is 16.1 Å². The number of halogens is 1. The van der Waals surface area contributed by atoms with Crippen LogP contribution in [0, 0.1) is 0 Å². The molecule has 1 rings (SSSR count). The Hall–Kier alpha value is -0.420. The highest BCUT2D eigenvalue weighted by molar-refractivity contribution is 9.11.